The quantitative estimate of drug-likeness (QED) is 0.815. The van der Waals surface area contributed by atoms with E-state index in [-0.39, 0.29) is 6.04 Å². The first kappa shape index (κ1) is 14.0. The fraction of sp³-hybridized carbons (Fsp3) is 0.385. The molecule has 1 amide bonds. The summed E-state index contributed by atoms with van der Waals surface area (Å²) in [5, 5.41) is 12.1. The standard InChI is InChI=1S/C13H17N3O2/c1-8(2)16-12(13(15)17)9-4-5-11(18-3)10(6-9)7-14/h4-6,8,12,16H,1-3H3,(H2,15,17). The summed E-state index contributed by atoms with van der Waals surface area (Å²) in [4.78, 5) is 11.4. The molecule has 5 nitrogen and oxygen atoms in total. The van der Waals surface area contributed by atoms with Gasteiger partial charge in [-0.1, -0.05) is 6.07 Å². The zero-order valence-electron chi connectivity index (χ0n) is 10.7. The van der Waals surface area contributed by atoms with Gasteiger partial charge in [-0.25, -0.2) is 0 Å². The monoisotopic (exact) mass is 247 g/mol. The first-order valence-electron chi connectivity index (χ1n) is 5.63. The summed E-state index contributed by atoms with van der Waals surface area (Å²) in [5.74, 6) is 0.00627. The molecule has 0 fully saturated rings. The van der Waals surface area contributed by atoms with Crippen LogP contribution >= 0.6 is 0 Å². The smallest absolute Gasteiger partial charge is 0.239 e. The van der Waals surface area contributed by atoms with Crippen molar-refractivity contribution in [2.24, 2.45) is 5.73 Å². The fourth-order valence-electron chi connectivity index (χ4n) is 1.67. The summed E-state index contributed by atoms with van der Waals surface area (Å²) >= 11 is 0. The highest BCUT2D eigenvalue weighted by molar-refractivity contribution is 5.81. The van der Waals surface area contributed by atoms with E-state index in [9.17, 15) is 4.79 Å². The molecule has 5 heteroatoms. The number of nitrogens with two attached hydrogens (primary N) is 1. The molecule has 0 aliphatic rings. The molecule has 0 radical (unpaired) electrons. The van der Waals surface area contributed by atoms with Crippen molar-refractivity contribution in [2.75, 3.05) is 7.11 Å². The Morgan fingerprint density at radius 3 is 2.61 bits per heavy atom. The Labute approximate surface area is 107 Å². The first-order valence-corrected chi connectivity index (χ1v) is 5.63. The van der Waals surface area contributed by atoms with Gasteiger partial charge < -0.3 is 10.5 Å². The van der Waals surface area contributed by atoms with Gasteiger partial charge in [-0.2, -0.15) is 5.26 Å². The summed E-state index contributed by atoms with van der Waals surface area (Å²) < 4.78 is 5.05. The Bertz CT molecular complexity index is 478. The van der Waals surface area contributed by atoms with Crippen molar-refractivity contribution in [1.29, 1.82) is 5.26 Å². The van der Waals surface area contributed by atoms with Gasteiger partial charge in [0.1, 0.15) is 17.9 Å². The fourth-order valence-corrected chi connectivity index (χ4v) is 1.67. The summed E-state index contributed by atoms with van der Waals surface area (Å²) in [7, 11) is 1.49. The summed E-state index contributed by atoms with van der Waals surface area (Å²) in [6.07, 6.45) is 0. The van der Waals surface area contributed by atoms with Crippen molar-refractivity contribution < 1.29 is 9.53 Å². The van der Waals surface area contributed by atoms with Crippen LogP contribution in [0.5, 0.6) is 5.75 Å². The number of hydrogen-bond acceptors (Lipinski definition) is 4. The van der Waals surface area contributed by atoms with E-state index in [1.165, 1.54) is 7.11 Å². The molecule has 1 unspecified atom stereocenters. The molecule has 3 N–H and O–H groups in total. The number of rotatable bonds is 5. The lowest BCUT2D eigenvalue weighted by Gasteiger charge is -2.19. The van der Waals surface area contributed by atoms with Gasteiger partial charge >= 0.3 is 0 Å². The minimum Gasteiger partial charge on any atom is -0.495 e. The molecule has 0 bridgehead atoms. The Kier molecular flexibility index (Phi) is 4.69. The largest absolute Gasteiger partial charge is 0.495 e. The Hall–Kier alpha value is -2.06. The van der Waals surface area contributed by atoms with E-state index in [0.29, 0.717) is 16.9 Å². The number of nitrogens with one attached hydrogen (secondary N) is 1. The van der Waals surface area contributed by atoms with E-state index in [4.69, 9.17) is 15.7 Å². The van der Waals surface area contributed by atoms with Crippen molar-refractivity contribution >= 4 is 5.91 Å². The third-order valence-electron chi connectivity index (χ3n) is 2.46. The number of nitrogens with zero attached hydrogens (tertiary/aromatic N) is 1. The molecule has 0 heterocycles. The highest BCUT2D eigenvalue weighted by atomic mass is 16.5. The van der Waals surface area contributed by atoms with E-state index in [1.54, 1.807) is 18.2 Å². The van der Waals surface area contributed by atoms with Crippen LogP contribution < -0.4 is 15.8 Å². The molecule has 0 spiro atoms. The number of hydrogen-bond donors (Lipinski definition) is 2. The van der Waals surface area contributed by atoms with Crippen LogP contribution in [0, 0.1) is 11.3 Å². The maximum Gasteiger partial charge on any atom is 0.239 e. The lowest BCUT2D eigenvalue weighted by atomic mass is 10.0. The van der Waals surface area contributed by atoms with E-state index in [0.717, 1.165) is 0 Å². The summed E-state index contributed by atoms with van der Waals surface area (Å²) in [6, 6.07) is 6.53. The zero-order chi connectivity index (χ0) is 13.7. The molecule has 1 atom stereocenters. The van der Waals surface area contributed by atoms with Crippen LogP contribution in [0.15, 0.2) is 18.2 Å². The number of carbonyl (C=O) groups is 1. The second-order valence-corrected chi connectivity index (χ2v) is 4.23. The maximum absolute atomic E-state index is 11.4. The third kappa shape index (κ3) is 3.22. The number of primary amides is 1. The Balaban J connectivity index is 3.14. The lowest BCUT2D eigenvalue weighted by molar-refractivity contribution is -0.120. The predicted molar refractivity (Wildman–Crippen MR) is 67.9 cm³/mol. The second kappa shape index (κ2) is 6.03. The molecule has 1 rings (SSSR count). The van der Waals surface area contributed by atoms with Crippen molar-refractivity contribution in [3.63, 3.8) is 0 Å². The highest BCUT2D eigenvalue weighted by Gasteiger charge is 2.19. The van der Waals surface area contributed by atoms with Crippen LogP contribution in [0.4, 0.5) is 0 Å². The van der Waals surface area contributed by atoms with Gasteiger partial charge in [0, 0.05) is 6.04 Å². The van der Waals surface area contributed by atoms with Crippen molar-refractivity contribution in [1.82, 2.24) is 5.32 Å². The van der Waals surface area contributed by atoms with Gasteiger partial charge in [-0.3, -0.25) is 10.1 Å². The van der Waals surface area contributed by atoms with Gasteiger partial charge in [0.15, 0.2) is 0 Å². The molecular formula is C13H17N3O2. The van der Waals surface area contributed by atoms with Crippen molar-refractivity contribution in [3.05, 3.63) is 29.3 Å². The maximum atomic E-state index is 11.4. The SMILES string of the molecule is COc1ccc(C(NC(C)C)C(N)=O)cc1C#N. The minimum atomic E-state index is -0.608. The van der Waals surface area contributed by atoms with Gasteiger partial charge in [-0.15, -0.1) is 0 Å². The third-order valence-corrected chi connectivity index (χ3v) is 2.46. The molecule has 18 heavy (non-hydrogen) atoms. The summed E-state index contributed by atoms with van der Waals surface area (Å²) in [6.45, 7) is 3.84. The van der Waals surface area contributed by atoms with E-state index in [1.807, 2.05) is 19.9 Å². The zero-order valence-corrected chi connectivity index (χ0v) is 10.7. The minimum absolute atomic E-state index is 0.107. The number of methoxy groups -OCH3 is 1. The number of carbonyl (C=O) groups excluding carboxylic acids is 1. The molecule has 0 aliphatic carbocycles. The molecule has 1 aromatic carbocycles. The molecule has 1 aromatic rings. The van der Waals surface area contributed by atoms with E-state index >= 15 is 0 Å². The lowest BCUT2D eigenvalue weighted by Crippen LogP contribution is -2.37. The number of amides is 1. The van der Waals surface area contributed by atoms with Gasteiger partial charge in [0.25, 0.3) is 0 Å². The first-order chi connectivity index (χ1) is 8.49. The molecule has 0 aliphatic heterocycles. The molecule has 96 valence electrons. The topological polar surface area (TPSA) is 88.1 Å². The molecule has 0 saturated heterocycles. The van der Waals surface area contributed by atoms with Crippen LogP contribution in [0.3, 0.4) is 0 Å². The van der Waals surface area contributed by atoms with Gasteiger partial charge in [-0.05, 0) is 31.5 Å². The predicted octanol–water partition coefficient (Wildman–Crippen LogP) is 1.09. The average Bonchev–Trinajstić information content (AvgIpc) is 2.34. The van der Waals surface area contributed by atoms with E-state index < -0.39 is 11.9 Å². The Morgan fingerprint density at radius 2 is 2.17 bits per heavy atom. The van der Waals surface area contributed by atoms with Crippen LogP contribution in [0.2, 0.25) is 0 Å². The number of nitriles is 1. The van der Waals surface area contributed by atoms with Crippen LogP contribution in [-0.4, -0.2) is 19.1 Å². The van der Waals surface area contributed by atoms with Crippen molar-refractivity contribution in [2.45, 2.75) is 25.9 Å². The average molecular weight is 247 g/mol. The Morgan fingerprint density at radius 1 is 1.50 bits per heavy atom. The van der Waals surface area contributed by atoms with Crippen LogP contribution in [0.1, 0.15) is 31.0 Å². The highest BCUT2D eigenvalue weighted by Crippen LogP contribution is 2.23. The molecule has 0 aromatic heterocycles. The second-order valence-electron chi connectivity index (χ2n) is 4.23. The van der Waals surface area contributed by atoms with Crippen molar-refractivity contribution in [3.8, 4) is 11.8 Å². The van der Waals surface area contributed by atoms with Gasteiger partial charge in [0.2, 0.25) is 5.91 Å². The summed E-state index contributed by atoms with van der Waals surface area (Å²) in [5.41, 5.74) is 6.41. The normalized spacial score (nSPS) is 11.9. The van der Waals surface area contributed by atoms with Gasteiger partial charge in [0.05, 0.1) is 12.7 Å². The molecular weight excluding hydrogens is 230 g/mol. The molecule has 0 saturated carbocycles. The van der Waals surface area contributed by atoms with Crippen LogP contribution in [-0.2, 0) is 4.79 Å². The number of benzene rings is 1. The number of ether oxygens (including phenoxy) is 1. The van der Waals surface area contributed by atoms with Crippen LogP contribution in [0.25, 0.3) is 0 Å². The van der Waals surface area contributed by atoms with E-state index in [2.05, 4.69) is 5.32 Å².